The highest BCUT2D eigenvalue weighted by Crippen LogP contribution is 2.34. The van der Waals surface area contributed by atoms with Crippen LogP contribution in [0.3, 0.4) is 0 Å². The fourth-order valence-electron chi connectivity index (χ4n) is 5.11. The molecule has 0 spiro atoms. The molecule has 1 N–H and O–H groups in total. The molecule has 3 heterocycles. The first kappa shape index (κ1) is 28.7. The standard InChI is InChI=1S/C33H34N6O3/c1-4-41-32(40)29-20-36-33(37-27-12-15-39(16-13-27)21-28-7-5-6-14-35-28)38-31(29)42-30-22(2)17-26(18-23(30)3)25-10-8-24(19-34)9-11-25/h5-11,14,17-18,20,27H,4,12-13,15-16,21H2,1-3H3,(H,36,37,38). The van der Waals surface area contributed by atoms with Crippen LogP contribution in [0.25, 0.3) is 11.1 Å². The SMILES string of the molecule is CCOC(=O)c1cnc(NC2CCN(Cc3ccccn3)CC2)nc1Oc1c(C)cc(-c2ccc(C#N)cc2)cc1C. The fraction of sp³-hybridized carbons (Fsp3) is 0.303. The van der Waals surface area contributed by atoms with Gasteiger partial charge in [0.15, 0.2) is 0 Å². The lowest BCUT2D eigenvalue weighted by atomic mass is 9.99. The van der Waals surface area contributed by atoms with Crippen molar-refractivity contribution < 1.29 is 14.3 Å². The van der Waals surface area contributed by atoms with Gasteiger partial charge in [-0.05, 0) is 92.3 Å². The normalized spacial score (nSPS) is 13.8. The fourth-order valence-corrected chi connectivity index (χ4v) is 5.11. The number of carbonyl (C=O) groups excluding carboxylic acids is 1. The topological polar surface area (TPSA) is 113 Å². The van der Waals surface area contributed by atoms with Gasteiger partial charge in [0.25, 0.3) is 0 Å². The summed E-state index contributed by atoms with van der Waals surface area (Å²) in [6.45, 7) is 8.60. The van der Waals surface area contributed by atoms with Crippen molar-refractivity contribution in [2.45, 2.75) is 46.2 Å². The van der Waals surface area contributed by atoms with Gasteiger partial charge in [-0.25, -0.2) is 9.78 Å². The van der Waals surface area contributed by atoms with Crippen LogP contribution in [0.5, 0.6) is 11.6 Å². The Balaban J connectivity index is 1.33. The molecule has 0 saturated carbocycles. The molecule has 0 atom stereocenters. The maximum atomic E-state index is 12.8. The Morgan fingerprint density at radius 1 is 1.05 bits per heavy atom. The van der Waals surface area contributed by atoms with Crippen molar-refractivity contribution >= 4 is 11.9 Å². The molecule has 1 aliphatic heterocycles. The van der Waals surface area contributed by atoms with Crippen LogP contribution in [-0.4, -0.2) is 51.6 Å². The number of hydrogen-bond donors (Lipinski definition) is 1. The lowest BCUT2D eigenvalue weighted by Gasteiger charge is -2.32. The van der Waals surface area contributed by atoms with Crippen LogP contribution in [0.1, 0.15) is 52.5 Å². The molecule has 1 saturated heterocycles. The van der Waals surface area contributed by atoms with Crippen molar-refractivity contribution in [2.24, 2.45) is 0 Å². The van der Waals surface area contributed by atoms with E-state index in [2.05, 4.69) is 37.3 Å². The van der Waals surface area contributed by atoms with Crippen molar-refractivity contribution in [3.05, 3.63) is 94.9 Å². The summed E-state index contributed by atoms with van der Waals surface area (Å²) in [7, 11) is 0. The lowest BCUT2D eigenvalue weighted by molar-refractivity contribution is 0.0522. The maximum Gasteiger partial charge on any atom is 0.345 e. The minimum absolute atomic E-state index is 0.149. The van der Waals surface area contributed by atoms with E-state index in [0.29, 0.717) is 17.3 Å². The molecule has 0 unspecified atom stereocenters. The van der Waals surface area contributed by atoms with Gasteiger partial charge >= 0.3 is 5.97 Å². The Bertz CT molecular complexity index is 1550. The van der Waals surface area contributed by atoms with Crippen molar-refractivity contribution in [1.82, 2.24) is 19.9 Å². The average molecular weight is 563 g/mol. The average Bonchev–Trinajstić information content (AvgIpc) is 3.00. The highest BCUT2D eigenvalue weighted by molar-refractivity contribution is 5.91. The Labute approximate surface area is 246 Å². The number of piperidine rings is 1. The van der Waals surface area contributed by atoms with Gasteiger partial charge in [0.05, 0.1) is 30.1 Å². The Morgan fingerprint density at radius 3 is 2.43 bits per heavy atom. The smallest absolute Gasteiger partial charge is 0.345 e. The highest BCUT2D eigenvalue weighted by atomic mass is 16.5. The van der Waals surface area contributed by atoms with E-state index < -0.39 is 5.97 Å². The summed E-state index contributed by atoms with van der Waals surface area (Å²) in [5.41, 5.74) is 5.63. The molecular formula is C33H34N6O3. The number of ether oxygens (including phenoxy) is 2. The third-order valence-electron chi connectivity index (χ3n) is 7.29. The molecule has 0 aliphatic carbocycles. The van der Waals surface area contributed by atoms with E-state index in [1.807, 2.05) is 56.4 Å². The quantitative estimate of drug-likeness (QED) is 0.243. The first-order valence-electron chi connectivity index (χ1n) is 14.2. The van der Waals surface area contributed by atoms with Crippen LogP contribution in [0.15, 0.2) is 67.0 Å². The van der Waals surface area contributed by atoms with E-state index in [4.69, 9.17) is 14.7 Å². The third-order valence-corrected chi connectivity index (χ3v) is 7.29. The molecule has 2 aromatic heterocycles. The Morgan fingerprint density at radius 2 is 1.79 bits per heavy atom. The number of pyridine rings is 1. The zero-order valence-electron chi connectivity index (χ0n) is 24.1. The number of hydrogen-bond acceptors (Lipinski definition) is 9. The Kier molecular flexibility index (Phi) is 9.05. The van der Waals surface area contributed by atoms with Crippen LogP contribution in [0.2, 0.25) is 0 Å². The molecule has 1 aliphatic rings. The van der Waals surface area contributed by atoms with E-state index in [1.54, 1.807) is 19.1 Å². The van der Waals surface area contributed by atoms with E-state index in [9.17, 15) is 4.79 Å². The molecular weight excluding hydrogens is 528 g/mol. The lowest BCUT2D eigenvalue weighted by Crippen LogP contribution is -2.39. The number of rotatable bonds is 9. The van der Waals surface area contributed by atoms with Crippen molar-refractivity contribution in [3.8, 4) is 28.8 Å². The van der Waals surface area contributed by atoms with E-state index in [-0.39, 0.29) is 24.1 Å². The van der Waals surface area contributed by atoms with E-state index in [1.165, 1.54) is 6.20 Å². The van der Waals surface area contributed by atoms with Gasteiger partial charge in [-0.2, -0.15) is 10.2 Å². The molecule has 0 radical (unpaired) electrons. The molecule has 0 amide bonds. The number of carbonyl (C=O) groups is 1. The van der Waals surface area contributed by atoms with Gasteiger partial charge in [-0.3, -0.25) is 9.88 Å². The van der Waals surface area contributed by atoms with Gasteiger partial charge < -0.3 is 14.8 Å². The first-order chi connectivity index (χ1) is 20.4. The van der Waals surface area contributed by atoms with Crippen LogP contribution >= 0.6 is 0 Å². The molecule has 0 bridgehead atoms. The van der Waals surface area contributed by atoms with Crippen LogP contribution in [-0.2, 0) is 11.3 Å². The zero-order valence-corrected chi connectivity index (χ0v) is 24.1. The largest absolute Gasteiger partial charge is 0.462 e. The van der Waals surface area contributed by atoms with Gasteiger partial charge in [-0.15, -0.1) is 0 Å². The molecule has 42 heavy (non-hydrogen) atoms. The number of nitriles is 1. The molecule has 1 fully saturated rings. The number of nitrogens with one attached hydrogen (secondary N) is 1. The number of aryl methyl sites for hydroxylation is 2. The van der Waals surface area contributed by atoms with Crippen molar-refractivity contribution in [2.75, 3.05) is 25.0 Å². The predicted molar refractivity (Wildman–Crippen MR) is 160 cm³/mol. The van der Waals surface area contributed by atoms with Gasteiger partial charge in [0, 0.05) is 31.9 Å². The summed E-state index contributed by atoms with van der Waals surface area (Å²) in [6.07, 6.45) is 5.16. The van der Waals surface area contributed by atoms with Crippen LogP contribution < -0.4 is 10.1 Å². The van der Waals surface area contributed by atoms with E-state index in [0.717, 1.165) is 60.4 Å². The number of nitrogens with zero attached hydrogens (tertiary/aromatic N) is 5. The second-order valence-electron chi connectivity index (χ2n) is 10.4. The number of esters is 1. The minimum Gasteiger partial charge on any atom is -0.462 e. The molecule has 2 aromatic carbocycles. The minimum atomic E-state index is -0.536. The number of likely N-dealkylation sites (tertiary alicyclic amines) is 1. The molecule has 9 heteroatoms. The highest BCUT2D eigenvalue weighted by Gasteiger charge is 2.23. The summed E-state index contributed by atoms with van der Waals surface area (Å²) < 4.78 is 11.6. The summed E-state index contributed by atoms with van der Waals surface area (Å²) in [4.78, 5) is 28.7. The molecule has 5 rings (SSSR count). The van der Waals surface area contributed by atoms with Crippen molar-refractivity contribution in [3.63, 3.8) is 0 Å². The van der Waals surface area contributed by atoms with Crippen LogP contribution in [0.4, 0.5) is 5.95 Å². The van der Waals surface area contributed by atoms with Crippen molar-refractivity contribution in [1.29, 1.82) is 5.26 Å². The summed E-state index contributed by atoms with van der Waals surface area (Å²) in [6, 6.07) is 19.8. The van der Waals surface area contributed by atoms with Crippen LogP contribution in [0, 0.1) is 25.2 Å². The number of benzene rings is 2. The van der Waals surface area contributed by atoms with E-state index >= 15 is 0 Å². The summed E-state index contributed by atoms with van der Waals surface area (Å²) >= 11 is 0. The molecule has 4 aromatic rings. The van der Waals surface area contributed by atoms with Gasteiger partial charge in [-0.1, -0.05) is 18.2 Å². The van der Waals surface area contributed by atoms with Gasteiger partial charge in [0.1, 0.15) is 11.3 Å². The number of aromatic nitrogens is 3. The predicted octanol–water partition coefficient (Wildman–Crippen LogP) is 6.07. The molecule has 9 nitrogen and oxygen atoms in total. The monoisotopic (exact) mass is 562 g/mol. The third kappa shape index (κ3) is 6.90. The Hall–Kier alpha value is -4.81. The summed E-state index contributed by atoms with van der Waals surface area (Å²) in [5.74, 6) is 0.637. The summed E-state index contributed by atoms with van der Waals surface area (Å²) in [5, 5.41) is 12.6. The zero-order chi connectivity index (χ0) is 29.5. The first-order valence-corrected chi connectivity index (χ1v) is 14.2. The molecule has 214 valence electrons. The maximum absolute atomic E-state index is 12.8. The number of anilines is 1. The second-order valence-corrected chi connectivity index (χ2v) is 10.4. The van der Waals surface area contributed by atoms with Gasteiger partial charge in [0.2, 0.25) is 11.8 Å². The second kappa shape index (κ2) is 13.2.